The maximum Gasteiger partial charge on any atom is 0.0500 e. The van der Waals surface area contributed by atoms with Gasteiger partial charge in [0, 0.05) is 13.0 Å². The van der Waals surface area contributed by atoms with Gasteiger partial charge in [0.15, 0.2) is 0 Å². The van der Waals surface area contributed by atoms with Crippen LogP contribution in [0.5, 0.6) is 0 Å². The van der Waals surface area contributed by atoms with Crippen LogP contribution in [0.4, 0.5) is 0 Å². The first-order valence-corrected chi connectivity index (χ1v) is 1.52. The molecule has 0 spiro atoms. The largest absolute Gasteiger partial charge is 0.396 e. The Labute approximate surface area is 32.6 Å². The Hall–Kier alpha value is -0.0400. The van der Waals surface area contributed by atoms with Crippen LogP contribution in [0.2, 0.25) is 0 Å². The lowest BCUT2D eigenvalue weighted by Crippen LogP contribution is -1.77. The Morgan fingerprint density at radius 2 is 2.40 bits per heavy atom. The summed E-state index contributed by atoms with van der Waals surface area (Å²) in [6, 6.07) is 0. The summed E-state index contributed by atoms with van der Waals surface area (Å²) in [5.74, 6) is 0. The van der Waals surface area contributed by atoms with Crippen molar-refractivity contribution in [1.29, 1.82) is 0 Å². The van der Waals surface area contributed by atoms with Crippen molar-refractivity contribution >= 4 is 0 Å². The summed E-state index contributed by atoms with van der Waals surface area (Å²) in [6.07, 6.45) is 3.15. The SMILES string of the molecule is [CH2]C[C]CO. The molecular weight excluding hydrogens is 64.0 g/mol. The molecule has 0 saturated heterocycles. The second-order valence-corrected chi connectivity index (χ2v) is 0.658. The Morgan fingerprint density at radius 1 is 1.80 bits per heavy atom. The van der Waals surface area contributed by atoms with Crippen molar-refractivity contribution in [2.75, 3.05) is 6.61 Å². The molecule has 0 aliphatic heterocycles. The predicted octanol–water partition coefficient (Wildman–Crippen LogP) is 0.284. The van der Waals surface area contributed by atoms with Crippen LogP contribution in [0.1, 0.15) is 6.42 Å². The van der Waals surface area contributed by atoms with Gasteiger partial charge in [-0.3, -0.25) is 0 Å². The van der Waals surface area contributed by atoms with E-state index in [2.05, 4.69) is 13.3 Å². The summed E-state index contributed by atoms with van der Waals surface area (Å²) >= 11 is 0. The standard InChI is InChI=1S/C4H7O/c1-2-3-4-5/h5H,1-2,4H2. The Balaban J connectivity index is 2.19. The fourth-order valence-corrected chi connectivity index (χ4v) is 0.0791. The van der Waals surface area contributed by atoms with Crippen LogP contribution < -0.4 is 0 Å². The van der Waals surface area contributed by atoms with E-state index in [9.17, 15) is 0 Å². The molecule has 1 N–H and O–H groups in total. The molecule has 0 bridgehead atoms. The summed E-state index contributed by atoms with van der Waals surface area (Å²) in [4.78, 5) is 0. The Morgan fingerprint density at radius 3 is 2.40 bits per heavy atom. The minimum Gasteiger partial charge on any atom is -0.396 e. The van der Waals surface area contributed by atoms with E-state index in [-0.39, 0.29) is 6.61 Å². The molecule has 0 amide bonds. The van der Waals surface area contributed by atoms with Crippen LogP contribution in [-0.4, -0.2) is 11.7 Å². The average Bonchev–Trinajstić information content (AvgIpc) is 1.41. The molecule has 0 fully saturated rings. The summed E-state index contributed by atoms with van der Waals surface area (Å²) in [5, 5.41) is 7.92. The fourth-order valence-electron chi connectivity index (χ4n) is 0.0791. The molecule has 0 rings (SSSR count). The summed E-state index contributed by atoms with van der Waals surface area (Å²) in [5.41, 5.74) is 0. The van der Waals surface area contributed by atoms with E-state index < -0.39 is 0 Å². The van der Waals surface area contributed by atoms with Gasteiger partial charge in [-0.15, -0.1) is 0 Å². The third-order valence-electron chi connectivity index (χ3n) is 0.289. The van der Waals surface area contributed by atoms with Gasteiger partial charge in [0.2, 0.25) is 0 Å². The third kappa shape index (κ3) is 3.96. The summed E-state index contributed by atoms with van der Waals surface area (Å²) in [6.45, 7) is 3.44. The maximum absolute atomic E-state index is 7.92. The Bertz CT molecular complexity index is 11.1. The first-order valence-electron chi connectivity index (χ1n) is 1.52. The van der Waals surface area contributed by atoms with Gasteiger partial charge < -0.3 is 5.11 Å². The van der Waals surface area contributed by atoms with E-state index >= 15 is 0 Å². The van der Waals surface area contributed by atoms with Crippen molar-refractivity contribution in [3.63, 3.8) is 0 Å². The highest BCUT2D eigenvalue weighted by molar-refractivity contribution is 4.61. The molecule has 0 aliphatic rings. The monoisotopic (exact) mass is 71.0 g/mol. The van der Waals surface area contributed by atoms with Gasteiger partial charge in [-0.05, 0) is 6.42 Å². The van der Waals surface area contributed by atoms with E-state index in [1.165, 1.54) is 0 Å². The average molecular weight is 71.1 g/mol. The topological polar surface area (TPSA) is 20.2 Å². The lowest BCUT2D eigenvalue weighted by Gasteiger charge is -1.77. The van der Waals surface area contributed by atoms with Crippen molar-refractivity contribution in [2.24, 2.45) is 0 Å². The molecule has 0 aromatic rings. The fraction of sp³-hybridized carbons (Fsp3) is 0.500. The highest BCUT2D eigenvalue weighted by Crippen LogP contribution is 1.75. The number of hydrogen-bond acceptors (Lipinski definition) is 1. The molecule has 0 atom stereocenters. The van der Waals surface area contributed by atoms with E-state index in [1.807, 2.05) is 0 Å². The molecule has 0 aromatic heterocycles. The molecule has 1 nitrogen and oxygen atoms in total. The molecule has 29 valence electrons. The van der Waals surface area contributed by atoms with Crippen LogP contribution in [0.3, 0.4) is 0 Å². The van der Waals surface area contributed by atoms with Gasteiger partial charge >= 0.3 is 0 Å². The van der Waals surface area contributed by atoms with E-state index in [0.717, 1.165) is 0 Å². The minimum atomic E-state index is 0.0312. The van der Waals surface area contributed by atoms with Crippen molar-refractivity contribution < 1.29 is 5.11 Å². The molecule has 1 heteroatoms. The predicted molar refractivity (Wildman–Crippen MR) is 20.3 cm³/mol. The second-order valence-electron chi connectivity index (χ2n) is 0.658. The molecule has 5 heavy (non-hydrogen) atoms. The molecular formula is C4H7O. The summed E-state index contributed by atoms with van der Waals surface area (Å²) < 4.78 is 0. The molecule has 0 unspecified atom stereocenters. The molecule has 0 aromatic carbocycles. The maximum atomic E-state index is 7.92. The number of unbranched alkanes of at least 4 members (excludes halogenated alkanes) is 1. The number of aliphatic hydroxyl groups excluding tert-OH is 1. The van der Waals surface area contributed by atoms with Crippen LogP contribution in [0.15, 0.2) is 0 Å². The van der Waals surface area contributed by atoms with Crippen LogP contribution in [-0.2, 0) is 0 Å². The van der Waals surface area contributed by atoms with Crippen molar-refractivity contribution in [3.8, 4) is 0 Å². The van der Waals surface area contributed by atoms with Gasteiger partial charge in [0.25, 0.3) is 0 Å². The minimum absolute atomic E-state index is 0.0312. The smallest absolute Gasteiger partial charge is 0.0500 e. The first kappa shape index (κ1) is 4.96. The molecule has 3 radical (unpaired) electrons. The second kappa shape index (κ2) is 3.96. The lowest BCUT2D eigenvalue weighted by molar-refractivity contribution is 0.326. The highest BCUT2D eigenvalue weighted by Gasteiger charge is 1.71. The zero-order valence-corrected chi connectivity index (χ0v) is 3.07. The van der Waals surface area contributed by atoms with E-state index in [0.29, 0.717) is 6.42 Å². The lowest BCUT2D eigenvalue weighted by atomic mass is 10.4. The van der Waals surface area contributed by atoms with Gasteiger partial charge in [-0.2, -0.15) is 0 Å². The highest BCUT2D eigenvalue weighted by atomic mass is 16.2. The number of rotatable bonds is 2. The van der Waals surface area contributed by atoms with E-state index in [1.54, 1.807) is 0 Å². The number of aliphatic hydroxyl groups is 1. The van der Waals surface area contributed by atoms with Crippen molar-refractivity contribution in [2.45, 2.75) is 6.42 Å². The zero-order chi connectivity index (χ0) is 4.12. The van der Waals surface area contributed by atoms with Gasteiger partial charge in [0.1, 0.15) is 0 Å². The Kier molecular flexibility index (Phi) is 3.93. The van der Waals surface area contributed by atoms with E-state index in [4.69, 9.17) is 5.11 Å². The molecule has 0 aliphatic carbocycles. The molecule has 0 heterocycles. The van der Waals surface area contributed by atoms with Crippen LogP contribution in [0.25, 0.3) is 0 Å². The van der Waals surface area contributed by atoms with Crippen LogP contribution in [0, 0.1) is 13.3 Å². The van der Waals surface area contributed by atoms with Gasteiger partial charge in [0.05, 0.1) is 0 Å². The quantitative estimate of drug-likeness (QED) is 0.496. The summed E-state index contributed by atoms with van der Waals surface area (Å²) in [7, 11) is 0. The van der Waals surface area contributed by atoms with Crippen LogP contribution >= 0.6 is 0 Å². The number of hydrogen-bond donors (Lipinski definition) is 1. The first-order chi connectivity index (χ1) is 2.41. The van der Waals surface area contributed by atoms with Crippen molar-refractivity contribution in [1.82, 2.24) is 0 Å². The normalized spacial score (nSPS) is 8.40. The van der Waals surface area contributed by atoms with Gasteiger partial charge in [-0.25, -0.2) is 0 Å². The molecule has 0 saturated carbocycles. The van der Waals surface area contributed by atoms with Crippen molar-refractivity contribution in [3.05, 3.63) is 13.3 Å². The third-order valence-corrected chi connectivity index (χ3v) is 0.289. The zero-order valence-electron chi connectivity index (χ0n) is 3.07. The van der Waals surface area contributed by atoms with Gasteiger partial charge in [-0.1, -0.05) is 6.92 Å².